The van der Waals surface area contributed by atoms with Gasteiger partial charge in [-0.05, 0) is 55.5 Å². The standard InChI is InChI=1S/C16H27NOS/c1-3-11-18-16-9-7-8-15(13-16)14-17-10-5-4-6-12-19-2/h7-9,13,17H,3-6,10-12,14H2,1-2H3. The van der Waals surface area contributed by atoms with Crippen molar-refractivity contribution in [2.75, 3.05) is 25.2 Å². The highest BCUT2D eigenvalue weighted by Crippen LogP contribution is 2.13. The van der Waals surface area contributed by atoms with Gasteiger partial charge in [0.1, 0.15) is 5.75 Å². The van der Waals surface area contributed by atoms with Gasteiger partial charge in [0.25, 0.3) is 0 Å². The lowest BCUT2D eigenvalue weighted by Gasteiger charge is -2.08. The van der Waals surface area contributed by atoms with Crippen LogP contribution >= 0.6 is 11.8 Å². The second-order valence-corrected chi connectivity index (χ2v) is 5.71. The second kappa shape index (κ2) is 11.2. The molecular weight excluding hydrogens is 254 g/mol. The van der Waals surface area contributed by atoms with E-state index in [2.05, 4.69) is 36.7 Å². The zero-order chi connectivity index (χ0) is 13.8. The molecular formula is C16H27NOS. The van der Waals surface area contributed by atoms with E-state index in [4.69, 9.17) is 4.74 Å². The third kappa shape index (κ3) is 8.17. The minimum atomic E-state index is 0.798. The van der Waals surface area contributed by atoms with E-state index in [1.807, 2.05) is 17.8 Å². The number of benzene rings is 1. The first kappa shape index (κ1) is 16.4. The van der Waals surface area contributed by atoms with Crippen LogP contribution in [0.1, 0.15) is 38.2 Å². The number of hydrogen-bond donors (Lipinski definition) is 1. The number of thioether (sulfide) groups is 1. The number of hydrogen-bond acceptors (Lipinski definition) is 3. The fraction of sp³-hybridized carbons (Fsp3) is 0.625. The van der Waals surface area contributed by atoms with Gasteiger partial charge < -0.3 is 10.1 Å². The van der Waals surface area contributed by atoms with Crippen LogP contribution in [0.3, 0.4) is 0 Å². The van der Waals surface area contributed by atoms with Crippen LogP contribution in [0.4, 0.5) is 0 Å². The maximum atomic E-state index is 5.64. The molecule has 0 bridgehead atoms. The molecule has 0 aromatic heterocycles. The van der Waals surface area contributed by atoms with Gasteiger partial charge in [-0.25, -0.2) is 0 Å². The minimum Gasteiger partial charge on any atom is -0.494 e. The van der Waals surface area contributed by atoms with Crippen LogP contribution in [0.25, 0.3) is 0 Å². The number of nitrogens with one attached hydrogen (secondary N) is 1. The van der Waals surface area contributed by atoms with E-state index in [-0.39, 0.29) is 0 Å². The highest BCUT2D eigenvalue weighted by atomic mass is 32.2. The van der Waals surface area contributed by atoms with Crippen molar-refractivity contribution in [3.8, 4) is 5.75 Å². The van der Waals surface area contributed by atoms with Crippen LogP contribution in [-0.2, 0) is 6.54 Å². The Morgan fingerprint density at radius 3 is 2.89 bits per heavy atom. The van der Waals surface area contributed by atoms with Crippen molar-refractivity contribution >= 4 is 11.8 Å². The van der Waals surface area contributed by atoms with Gasteiger partial charge in [0, 0.05) is 6.54 Å². The first-order valence-electron chi connectivity index (χ1n) is 7.28. The van der Waals surface area contributed by atoms with Gasteiger partial charge in [-0.2, -0.15) is 11.8 Å². The lowest BCUT2D eigenvalue weighted by atomic mass is 10.2. The third-order valence-electron chi connectivity index (χ3n) is 2.90. The second-order valence-electron chi connectivity index (χ2n) is 4.73. The number of ether oxygens (including phenoxy) is 1. The monoisotopic (exact) mass is 281 g/mol. The summed E-state index contributed by atoms with van der Waals surface area (Å²) in [4.78, 5) is 0. The van der Waals surface area contributed by atoms with E-state index in [1.165, 1.54) is 30.6 Å². The van der Waals surface area contributed by atoms with Gasteiger partial charge >= 0.3 is 0 Å². The van der Waals surface area contributed by atoms with Crippen LogP contribution < -0.4 is 10.1 Å². The van der Waals surface area contributed by atoms with Crippen molar-refractivity contribution in [3.63, 3.8) is 0 Å². The SMILES string of the molecule is CCCOc1cccc(CNCCCCCSC)c1. The number of unbranched alkanes of at least 4 members (excludes halogenated alkanes) is 2. The Kier molecular flexibility index (Phi) is 9.64. The normalized spacial score (nSPS) is 10.6. The highest BCUT2D eigenvalue weighted by molar-refractivity contribution is 7.98. The zero-order valence-corrected chi connectivity index (χ0v) is 13.1. The van der Waals surface area contributed by atoms with Gasteiger partial charge in [-0.3, -0.25) is 0 Å². The molecule has 0 aliphatic rings. The summed E-state index contributed by atoms with van der Waals surface area (Å²) < 4.78 is 5.64. The predicted octanol–water partition coefficient (Wildman–Crippen LogP) is 4.10. The zero-order valence-electron chi connectivity index (χ0n) is 12.3. The molecule has 1 N–H and O–H groups in total. The molecule has 0 atom stereocenters. The van der Waals surface area contributed by atoms with Crippen LogP contribution in [0.5, 0.6) is 5.75 Å². The molecule has 1 aromatic carbocycles. The van der Waals surface area contributed by atoms with Crippen molar-refractivity contribution in [2.24, 2.45) is 0 Å². The van der Waals surface area contributed by atoms with E-state index in [1.54, 1.807) is 0 Å². The Balaban J connectivity index is 2.14. The van der Waals surface area contributed by atoms with Crippen LogP contribution in [-0.4, -0.2) is 25.2 Å². The summed E-state index contributed by atoms with van der Waals surface area (Å²) in [6.07, 6.45) is 7.16. The fourth-order valence-electron chi connectivity index (χ4n) is 1.87. The summed E-state index contributed by atoms with van der Waals surface area (Å²) in [5.41, 5.74) is 1.30. The van der Waals surface area contributed by atoms with Crippen LogP contribution in [0, 0.1) is 0 Å². The first-order valence-corrected chi connectivity index (χ1v) is 8.67. The van der Waals surface area contributed by atoms with Gasteiger partial charge in [0.05, 0.1) is 6.61 Å². The minimum absolute atomic E-state index is 0.798. The van der Waals surface area contributed by atoms with Crippen molar-refractivity contribution in [2.45, 2.75) is 39.2 Å². The molecule has 108 valence electrons. The topological polar surface area (TPSA) is 21.3 Å². The van der Waals surface area contributed by atoms with Gasteiger partial charge in [0.2, 0.25) is 0 Å². The van der Waals surface area contributed by atoms with E-state index in [0.717, 1.165) is 31.9 Å². The average molecular weight is 281 g/mol. The summed E-state index contributed by atoms with van der Waals surface area (Å²) in [6.45, 7) is 4.97. The van der Waals surface area contributed by atoms with Gasteiger partial charge in [-0.1, -0.05) is 25.5 Å². The van der Waals surface area contributed by atoms with Gasteiger partial charge in [-0.15, -0.1) is 0 Å². The molecule has 0 saturated carbocycles. The first-order chi connectivity index (χ1) is 9.36. The Labute approximate surface area is 122 Å². The van der Waals surface area contributed by atoms with E-state index in [9.17, 15) is 0 Å². The Morgan fingerprint density at radius 2 is 2.11 bits per heavy atom. The fourth-order valence-corrected chi connectivity index (χ4v) is 2.36. The molecule has 0 fully saturated rings. The smallest absolute Gasteiger partial charge is 0.119 e. The number of rotatable bonds is 11. The average Bonchev–Trinajstić information content (AvgIpc) is 2.44. The largest absolute Gasteiger partial charge is 0.494 e. The van der Waals surface area contributed by atoms with Gasteiger partial charge in [0.15, 0.2) is 0 Å². The van der Waals surface area contributed by atoms with E-state index < -0.39 is 0 Å². The summed E-state index contributed by atoms with van der Waals surface area (Å²) in [5.74, 6) is 2.28. The van der Waals surface area contributed by atoms with Crippen molar-refractivity contribution < 1.29 is 4.74 Å². The molecule has 2 nitrogen and oxygen atoms in total. The molecule has 0 aliphatic heterocycles. The molecule has 3 heteroatoms. The molecule has 0 heterocycles. The van der Waals surface area contributed by atoms with E-state index >= 15 is 0 Å². The quantitative estimate of drug-likeness (QED) is 0.617. The molecule has 0 saturated heterocycles. The predicted molar refractivity (Wildman–Crippen MR) is 86.2 cm³/mol. The lowest BCUT2D eigenvalue weighted by molar-refractivity contribution is 0.317. The third-order valence-corrected chi connectivity index (χ3v) is 3.60. The Hall–Kier alpha value is -0.670. The van der Waals surface area contributed by atoms with Crippen molar-refractivity contribution in [1.82, 2.24) is 5.32 Å². The summed E-state index contributed by atoms with van der Waals surface area (Å²) in [6, 6.07) is 8.39. The van der Waals surface area contributed by atoms with Crippen LogP contribution in [0.15, 0.2) is 24.3 Å². The molecule has 0 spiro atoms. The highest BCUT2D eigenvalue weighted by Gasteiger charge is 1.97. The van der Waals surface area contributed by atoms with Crippen LogP contribution in [0.2, 0.25) is 0 Å². The molecule has 0 unspecified atom stereocenters. The molecule has 0 amide bonds. The molecule has 1 aromatic rings. The maximum Gasteiger partial charge on any atom is 0.119 e. The Morgan fingerprint density at radius 1 is 1.21 bits per heavy atom. The molecule has 1 rings (SSSR count). The molecule has 19 heavy (non-hydrogen) atoms. The molecule has 0 radical (unpaired) electrons. The molecule has 0 aliphatic carbocycles. The summed E-state index contributed by atoms with van der Waals surface area (Å²) in [5, 5.41) is 3.50. The maximum absolute atomic E-state index is 5.64. The summed E-state index contributed by atoms with van der Waals surface area (Å²) in [7, 11) is 0. The lowest BCUT2D eigenvalue weighted by Crippen LogP contribution is -2.14. The van der Waals surface area contributed by atoms with Crippen molar-refractivity contribution in [3.05, 3.63) is 29.8 Å². The summed E-state index contributed by atoms with van der Waals surface area (Å²) >= 11 is 1.94. The van der Waals surface area contributed by atoms with E-state index in [0.29, 0.717) is 0 Å². The Bertz CT molecular complexity index is 330. The van der Waals surface area contributed by atoms with Crippen molar-refractivity contribution in [1.29, 1.82) is 0 Å².